The zero-order valence-electron chi connectivity index (χ0n) is 15.9. The van der Waals surface area contributed by atoms with E-state index < -0.39 is 0 Å². The average Bonchev–Trinajstić information content (AvgIpc) is 3.16. The summed E-state index contributed by atoms with van der Waals surface area (Å²) >= 11 is 12.2. The van der Waals surface area contributed by atoms with E-state index in [4.69, 9.17) is 32.4 Å². The molecule has 0 spiro atoms. The van der Waals surface area contributed by atoms with Gasteiger partial charge in [-0.2, -0.15) is 0 Å². The molecule has 1 aromatic heterocycles. The standard InChI is InChI=1S/C20H26Cl2N4O2/c21-16-1-2-17(18(22)13-16)20-24-23-19(28-20)14-26-7-4-15(5-8-26)3-6-25-9-11-27-12-10-25/h1-2,13,15H,3-12,14H2. The fourth-order valence-electron chi connectivity index (χ4n) is 3.90. The number of hydrogen-bond donors (Lipinski definition) is 0. The molecule has 0 radical (unpaired) electrons. The maximum absolute atomic E-state index is 6.23. The van der Waals surface area contributed by atoms with Crippen LogP contribution in [0.2, 0.25) is 10.0 Å². The van der Waals surface area contributed by atoms with Crippen LogP contribution in [0.1, 0.15) is 25.2 Å². The van der Waals surface area contributed by atoms with E-state index in [0.29, 0.717) is 33.9 Å². The molecule has 2 aliphatic rings. The third kappa shape index (κ3) is 5.24. The van der Waals surface area contributed by atoms with Gasteiger partial charge in [-0.15, -0.1) is 10.2 Å². The zero-order chi connectivity index (χ0) is 19.3. The fraction of sp³-hybridized carbons (Fsp3) is 0.600. The van der Waals surface area contributed by atoms with Crippen molar-refractivity contribution in [3.8, 4) is 11.5 Å². The summed E-state index contributed by atoms with van der Waals surface area (Å²) in [6.45, 7) is 7.96. The van der Waals surface area contributed by atoms with Crippen LogP contribution in [0.15, 0.2) is 22.6 Å². The Bertz CT molecular complexity index is 771. The van der Waals surface area contributed by atoms with Crippen molar-refractivity contribution in [2.75, 3.05) is 45.9 Å². The molecule has 2 saturated heterocycles. The van der Waals surface area contributed by atoms with Gasteiger partial charge in [0.25, 0.3) is 0 Å². The topological polar surface area (TPSA) is 54.6 Å². The van der Waals surface area contributed by atoms with Crippen LogP contribution in [0, 0.1) is 5.92 Å². The second kappa shape index (κ2) is 9.55. The molecule has 8 heteroatoms. The van der Waals surface area contributed by atoms with Gasteiger partial charge in [0, 0.05) is 18.1 Å². The van der Waals surface area contributed by atoms with Crippen molar-refractivity contribution < 1.29 is 9.15 Å². The minimum atomic E-state index is 0.442. The third-order valence-corrected chi connectivity index (χ3v) is 6.20. The molecule has 0 saturated carbocycles. The number of likely N-dealkylation sites (tertiary alicyclic amines) is 1. The Morgan fingerprint density at radius 2 is 1.79 bits per heavy atom. The predicted octanol–water partition coefficient (Wildman–Crippen LogP) is 3.98. The highest BCUT2D eigenvalue weighted by molar-refractivity contribution is 6.36. The van der Waals surface area contributed by atoms with Crippen molar-refractivity contribution in [3.63, 3.8) is 0 Å². The SMILES string of the molecule is Clc1ccc(-c2nnc(CN3CCC(CCN4CCOCC4)CC3)o2)c(Cl)c1. The minimum Gasteiger partial charge on any atom is -0.419 e. The molecule has 0 amide bonds. The fourth-order valence-corrected chi connectivity index (χ4v) is 4.39. The average molecular weight is 425 g/mol. The van der Waals surface area contributed by atoms with Crippen molar-refractivity contribution in [2.24, 2.45) is 5.92 Å². The summed E-state index contributed by atoms with van der Waals surface area (Å²) in [6.07, 6.45) is 3.75. The first-order valence-electron chi connectivity index (χ1n) is 9.97. The first kappa shape index (κ1) is 20.1. The Kier molecular flexibility index (Phi) is 6.86. The smallest absolute Gasteiger partial charge is 0.249 e. The quantitative estimate of drug-likeness (QED) is 0.698. The van der Waals surface area contributed by atoms with Crippen LogP contribution < -0.4 is 0 Å². The molecule has 0 bridgehead atoms. The van der Waals surface area contributed by atoms with Gasteiger partial charge in [0.1, 0.15) is 0 Å². The van der Waals surface area contributed by atoms with Crippen LogP contribution in [0.3, 0.4) is 0 Å². The van der Waals surface area contributed by atoms with E-state index in [2.05, 4.69) is 20.0 Å². The number of benzene rings is 1. The van der Waals surface area contributed by atoms with E-state index in [1.54, 1.807) is 12.1 Å². The molecule has 2 aromatic rings. The second-order valence-electron chi connectivity index (χ2n) is 7.59. The zero-order valence-corrected chi connectivity index (χ0v) is 17.5. The van der Waals surface area contributed by atoms with E-state index in [9.17, 15) is 0 Å². The Morgan fingerprint density at radius 3 is 2.54 bits per heavy atom. The Balaban J connectivity index is 1.24. The van der Waals surface area contributed by atoms with Crippen LogP contribution in [0.5, 0.6) is 0 Å². The molecular formula is C20H26Cl2N4O2. The number of nitrogens with zero attached hydrogens (tertiary/aromatic N) is 4. The number of hydrogen-bond acceptors (Lipinski definition) is 6. The summed E-state index contributed by atoms with van der Waals surface area (Å²) < 4.78 is 11.3. The van der Waals surface area contributed by atoms with Gasteiger partial charge in [0.2, 0.25) is 11.8 Å². The van der Waals surface area contributed by atoms with Crippen molar-refractivity contribution in [1.29, 1.82) is 0 Å². The maximum atomic E-state index is 6.23. The highest BCUT2D eigenvalue weighted by atomic mass is 35.5. The molecule has 6 nitrogen and oxygen atoms in total. The van der Waals surface area contributed by atoms with Crippen molar-refractivity contribution >= 4 is 23.2 Å². The normalized spacial score (nSPS) is 19.9. The van der Waals surface area contributed by atoms with Gasteiger partial charge in [-0.05, 0) is 63.0 Å². The molecular weight excluding hydrogens is 399 g/mol. The Hall–Kier alpha value is -1.18. The number of ether oxygens (including phenoxy) is 1. The van der Waals surface area contributed by atoms with E-state index in [-0.39, 0.29) is 0 Å². The number of piperidine rings is 1. The van der Waals surface area contributed by atoms with E-state index in [0.717, 1.165) is 45.3 Å². The van der Waals surface area contributed by atoms with E-state index in [1.807, 2.05) is 6.07 Å². The van der Waals surface area contributed by atoms with Gasteiger partial charge in [-0.3, -0.25) is 9.80 Å². The summed E-state index contributed by atoms with van der Waals surface area (Å²) in [4.78, 5) is 4.92. The number of rotatable bonds is 6. The van der Waals surface area contributed by atoms with Crippen LogP contribution in [0.25, 0.3) is 11.5 Å². The molecule has 0 unspecified atom stereocenters. The molecule has 28 heavy (non-hydrogen) atoms. The number of halogens is 2. The molecule has 152 valence electrons. The Morgan fingerprint density at radius 1 is 1.00 bits per heavy atom. The van der Waals surface area contributed by atoms with Gasteiger partial charge < -0.3 is 9.15 Å². The first-order chi connectivity index (χ1) is 13.7. The van der Waals surface area contributed by atoms with Crippen molar-refractivity contribution in [3.05, 3.63) is 34.1 Å². The maximum Gasteiger partial charge on any atom is 0.249 e. The number of aromatic nitrogens is 2. The molecule has 4 rings (SSSR count). The highest BCUT2D eigenvalue weighted by Crippen LogP contribution is 2.30. The minimum absolute atomic E-state index is 0.442. The van der Waals surface area contributed by atoms with Crippen LogP contribution >= 0.6 is 23.2 Å². The van der Waals surface area contributed by atoms with Crippen molar-refractivity contribution in [1.82, 2.24) is 20.0 Å². The lowest BCUT2D eigenvalue weighted by molar-refractivity contribution is 0.0333. The lowest BCUT2D eigenvalue weighted by atomic mass is 9.93. The first-order valence-corrected chi connectivity index (χ1v) is 10.7. The largest absolute Gasteiger partial charge is 0.419 e. The van der Waals surface area contributed by atoms with Gasteiger partial charge in [0.15, 0.2) is 0 Å². The van der Waals surface area contributed by atoms with Crippen molar-refractivity contribution in [2.45, 2.75) is 25.8 Å². The van der Waals surface area contributed by atoms with Gasteiger partial charge in [-0.1, -0.05) is 23.2 Å². The lowest BCUT2D eigenvalue weighted by Crippen LogP contribution is -2.39. The highest BCUT2D eigenvalue weighted by Gasteiger charge is 2.22. The van der Waals surface area contributed by atoms with E-state index in [1.165, 1.54) is 25.8 Å². The predicted molar refractivity (Wildman–Crippen MR) is 110 cm³/mol. The van der Waals surface area contributed by atoms with Gasteiger partial charge >= 0.3 is 0 Å². The van der Waals surface area contributed by atoms with Gasteiger partial charge in [-0.25, -0.2) is 0 Å². The van der Waals surface area contributed by atoms with Crippen LogP contribution in [-0.4, -0.2) is 65.9 Å². The molecule has 2 aliphatic heterocycles. The molecule has 0 N–H and O–H groups in total. The molecule has 3 heterocycles. The lowest BCUT2D eigenvalue weighted by Gasteiger charge is -2.33. The molecule has 0 aliphatic carbocycles. The summed E-state index contributed by atoms with van der Waals surface area (Å²) in [5.74, 6) is 1.88. The second-order valence-corrected chi connectivity index (χ2v) is 8.43. The molecule has 1 aromatic carbocycles. The third-order valence-electron chi connectivity index (χ3n) is 5.65. The summed E-state index contributed by atoms with van der Waals surface area (Å²) in [5.41, 5.74) is 0.714. The monoisotopic (exact) mass is 424 g/mol. The van der Waals surface area contributed by atoms with E-state index >= 15 is 0 Å². The van der Waals surface area contributed by atoms with Crippen LogP contribution in [0.4, 0.5) is 0 Å². The molecule has 0 atom stereocenters. The number of morpholine rings is 1. The summed E-state index contributed by atoms with van der Waals surface area (Å²) in [7, 11) is 0. The van der Waals surface area contributed by atoms with Gasteiger partial charge in [0.05, 0.1) is 30.3 Å². The summed E-state index contributed by atoms with van der Waals surface area (Å²) in [6, 6.07) is 5.26. The summed E-state index contributed by atoms with van der Waals surface area (Å²) in [5, 5.41) is 9.46. The Labute approximate surface area is 175 Å². The molecule has 2 fully saturated rings. The van der Waals surface area contributed by atoms with Crippen LogP contribution in [-0.2, 0) is 11.3 Å².